The molecule has 21 rings (SSSR count). The molecular weight excluding hydrogens is 1740 g/mol. The molecule has 11 saturated heterocycles. The van der Waals surface area contributed by atoms with Gasteiger partial charge in [0.15, 0.2) is 0 Å². The summed E-state index contributed by atoms with van der Waals surface area (Å²) in [6, 6.07) is 18.4. The van der Waals surface area contributed by atoms with Crippen LogP contribution in [0.4, 0.5) is 51.5 Å². The van der Waals surface area contributed by atoms with E-state index < -0.39 is 0 Å². The molecule has 0 bridgehead atoms. The van der Waals surface area contributed by atoms with Crippen molar-refractivity contribution in [1.82, 2.24) is 104 Å². The summed E-state index contributed by atoms with van der Waals surface area (Å²) in [7, 11) is 6.55. The van der Waals surface area contributed by atoms with Crippen molar-refractivity contribution in [3.63, 3.8) is 0 Å². The third kappa shape index (κ3) is 32.7. The molecule has 12 fully saturated rings. The Morgan fingerprint density at radius 2 is 0.688 bits per heavy atom. The van der Waals surface area contributed by atoms with Crippen LogP contribution >= 0.6 is 11.3 Å². The molecule has 1 aromatic carbocycles. The van der Waals surface area contributed by atoms with Crippen LogP contribution in [0.1, 0.15) is 183 Å². The van der Waals surface area contributed by atoms with Crippen molar-refractivity contribution < 1.29 is 0 Å². The Labute approximate surface area is 832 Å². The Kier molecular flexibility index (Phi) is 39.2. The lowest BCUT2D eigenvalue weighted by atomic mass is 9.84. The number of hydrogen-bond donors (Lipinski definition) is 1. The number of thiophene rings is 1. The summed E-state index contributed by atoms with van der Waals surface area (Å²) in [6.45, 7) is 69.1. The van der Waals surface area contributed by atoms with Crippen LogP contribution in [0.2, 0.25) is 0 Å². The zero-order chi connectivity index (χ0) is 98.0. The first-order chi connectivity index (χ1) is 66.3. The second-order valence-corrected chi connectivity index (χ2v) is 43.9. The van der Waals surface area contributed by atoms with Crippen LogP contribution in [0.15, 0.2) is 123 Å². The van der Waals surface area contributed by atoms with Crippen LogP contribution in [-0.4, -0.2) is 345 Å². The summed E-state index contributed by atoms with van der Waals surface area (Å²) >= 11 is 1.90. The van der Waals surface area contributed by atoms with Gasteiger partial charge in [0.2, 0.25) is 5.95 Å². The normalized spacial score (nSPS) is 23.6. The zero-order valence-corrected chi connectivity index (χ0v) is 88.7. The number of fused-ring (bicyclic) bond motifs is 2. The van der Waals surface area contributed by atoms with Crippen LogP contribution in [0.25, 0.3) is 0 Å². The molecule has 30 nitrogen and oxygen atoms in total. The monoisotopic (exact) mass is 1910 g/mol. The van der Waals surface area contributed by atoms with Crippen molar-refractivity contribution >= 4 is 62.9 Å². The van der Waals surface area contributed by atoms with Gasteiger partial charge in [0.05, 0.1) is 114 Å². The molecule has 1 aliphatic carbocycles. The van der Waals surface area contributed by atoms with Gasteiger partial charge in [-0.2, -0.15) is 0 Å². The summed E-state index contributed by atoms with van der Waals surface area (Å²) in [4.78, 5) is 99.0. The summed E-state index contributed by atoms with van der Waals surface area (Å²) < 4.78 is 0. The van der Waals surface area contributed by atoms with Crippen molar-refractivity contribution in [2.45, 2.75) is 244 Å². The van der Waals surface area contributed by atoms with Crippen LogP contribution in [0.5, 0.6) is 0 Å². The Morgan fingerprint density at radius 1 is 0.297 bits per heavy atom. The molecule has 31 heteroatoms. The maximum Gasteiger partial charge on any atom is 0.225 e. The first-order valence-corrected chi connectivity index (χ1v) is 52.6. The van der Waals surface area contributed by atoms with Gasteiger partial charge in [0.25, 0.3) is 0 Å². The van der Waals surface area contributed by atoms with Crippen molar-refractivity contribution in [2.24, 2.45) is 10.8 Å². The molecule has 0 amide bonds. The standard InChI is InChI=1S/C14H21N.C13H20N4.2C12H18N4.C12H20N4.C12H19N3.2C11H18N4.C10H16N2S/c1-12-5-7-13(8-6-12)15-10-4-9-14(2,3)11-15;1-11-8-14-13(15-9-11)17-7-6-16-5-3-2-4-12(16)10-17;1-10-8-14-12(9-13-10)16-6-4-15(5-7-16)11-2-3-11;1-10-7-14-12(8-13-10)16-6-5-15-4-2-3-11(15)9-16;1-9-5-14-12(6-13-9)16-7-10(2)15(4)11(3)8-16;1-10-7-14-11(8-13-10)15-6-4-5-12(2,3)9-15;1-8-4-13-11(5-12-8)15-6-9(2)14-10(3)7-15;1-9-6-13-11(7-12-9)15-5-4-14(3)10(2)8-15;1-9-3-4-10(13-9)12-7-5-11(2)6-8-12/h5-8H,4,9-11H2,1-3H3;8-9,12H,2-7,10H2,1H3;8-9,11H,2-7H2,1H3;7-8,11H,2-6,9H2,1H3;5-6,10-11H,7-8H2,1-4H3;7-8H,4-6,9H2,1-3H3;4-5,9-10,14H,6-7H2,1-3H3;6-7,10H,4-5,8H2,1-3H3;3-4H,5-8H2,1-2H3/t;;;;10-,11+;;9-,10+;;. The minimum absolute atomic E-state index is 0.408. The minimum atomic E-state index is 0.408. The number of nitrogens with zero attached hydrogens (tertiary/aromatic N) is 29. The predicted octanol–water partition coefficient (Wildman–Crippen LogP) is 14.7. The largest absolute Gasteiger partial charge is 0.371 e. The van der Waals surface area contributed by atoms with E-state index in [1.54, 1.807) is 0 Å². The fourth-order valence-corrected chi connectivity index (χ4v) is 21.0. The maximum atomic E-state index is 4.46. The Hall–Kier alpha value is -9.60. The molecule has 7 atom stereocenters. The molecule has 138 heavy (non-hydrogen) atoms. The van der Waals surface area contributed by atoms with Gasteiger partial charge >= 0.3 is 0 Å². The fraction of sp³-hybridized carbons (Fsp3) is 0.645. The Morgan fingerprint density at radius 3 is 1.14 bits per heavy atom. The number of piperazine rings is 7. The van der Waals surface area contributed by atoms with E-state index in [4.69, 9.17) is 0 Å². The molecule has 9 aromatic rings. The zero-order valence-electron chi connectivity index (χ0n) is 87.9. The van der Waals surface area contributed by atoms with Crippen molar-refractivity contribution in [2.75, 3.05) is 242 Å². The molecule has 1 N–H and O–H groups in total. The highest BCUT2D eigenvalue weighted by molar-refractivity contribution is 7.16. The first kappa shape index (κ1) is 106. The summed E-state index contributed by atoms with van der Waals surface area (Å²) in [5.41, 5.74) is 10.6. The molecule has 12 aliphatic rings. The average Bonchev–Trinajstić information content (AvgIpc) is 1.41. The van der Waals surface area contributed by atoms with Gasteiger partial charge in [0.1, 0.15) is 34.9 Å². The first-order valence-electron chi connectivity index (χ1n) is 51.7. The third-order valence-electron chi connectivity index (χ3n) is 29.0. The van der Waals surface area contributed by atoms with E-state index in [0.717, 1.165) is 197 Å². The van der Waals surface area contributed by atoms with Gasteiger partial charge in [-0.25, -0.2) is 39.9 Å². The highest BCUT2D eigenvalue weighted by Gasteiger charge is 2.36. The summed E-state index contributed by atoms with van der Waals surface area (Å²) in [5, 5.41) is 4.94. The SMILES string of the molecule is Cc1ccc(N2CCCC(C)(C)C2)cc1.Cc1ccc(N2CCN(C)CC2)s1.Cc1cnc(N2CCCC(C)(C)C2)cn1.Cc1cnc(N2CCN(C)C(C)C2)cn1.Cc1cnc(N2CCN(C3CC3)CC2)cn1.Cc1cnc(N2CCN3CCCC3C2)cn1.Cc1cnc(N2CCN3CCCCC3C2)nc1.Cc1cnc(N2C[C@@H](C)N(C)[C@@H](C)C2)cn1.Cc1cnc(N2C[C@@H](C)N[C@@H](C)C2)cn1. The fourth-order valence-electron chi connectivity index (χ4n) is 20.1. The molecule has 19 heterocycles. The van der Waals surface area contributed by atoms with Gasteiger partial charge in [-0.3, -0.25) is 49.5 Å². The molecule has 3 unspecified atom stereocenters. The molecule has 0 radical (unpaired) electrons. The molecule has 0 spiro atoms. The Balaban J connectivity index is 0.000000131. The topological polar surface area (TPSA) is 241 Å². The lowest BCUT2D eigenvalue weighted by Gasteiger charge is -2.44. The molecule has 11 aliphatic heterocycles. The van der Waals surface area contributed by atoms with Crippen LogP contribution in [0.3, 0.4) is 0 Å². The van der Waals surface area contributed by atoms with Crippen LogP contribution < -0.4 is 49.4 Å². The highest BCUT2D eigenvalue weighted by atomic mass is 32.1. The van der Waals surface area contributed by atoms with E-state index >= 15 is 0 Å². The summed E-state index contributed by atoms with van der Waals surface area (Å²) in [6.07, 6.45) is 41.0. The van der Waals surface area contributed by atoms with Crippen molar-refractivity contribution in [1.29, 1.82) is 0 Å². The number of piperidine rings is 3. The second kappa shape index (κ2) is 51.2. The van der Waals surface area contributed by atoms with E-state index in [-0.39, 0.29) is 0 Å². The number of hydrogen-bond acceptors (Lipinski definition) is 31. The lowest BCUT2D eigenvalue weighted by Crippen LogP contribution is -2.55. The van der Waals surface area contributed by atoms with Gasteiger partial charge < -0.3 is 59.2 Å². The number of nitrogens with one attached hydrogen (secondary N) is 1. The van der Waals surface area contributed by atoms with Crippen molar-refractivity contribution in [3.8, 4) is 0 Å². The number of aromatic nitrogens is 14. The van der Waals surface area contributed by atoms with E-state index in [0.29, 0.717) is 41.0 Å². The maximum absolute atomic E-state index is 4.46. The highest BCUT2D eigenvalue weighted by Crippen LogP contribution is 2.35. The smallest absolute Gasteiger partial charge is 0.225 e. The number of likely N-dealkylation sites (N-methyl/N-ethyl adjacent to an activating group) is 3. The van der Waals surface area contributed by atoms with Gasteiger partial charge in [-0.15, -0.1) is 11.3 Å². The van der Waals surface area contributed by atoms with E-state index in [1.165, 1.54) is 170 Å². The van der Waals surface area contributed by atoms with Gasteiger partial charge in [-0.05, 0) is 236 Å². The second-order valence-electron chi connectivity index (χ2n) is 42.6. The number of rotatable bonds is 10. The Bertz CT molecular complexity index is 4840. The third-order valence-corrected chi connectivity index (χ3v) is 30.1. The van der Waals surface area contributed by atoms with E-state index in [9.17, 15) is 0 Å². The van der Waals surface area contributed by atoms with Gasteiger partial charge in [0, 0.05) is 235 Å². The molecule has 1 saturated carbocycles. The van der Waals surface area contributed by atoms with Gasteiger partial charge in [-0.1, -0.05) is 51.8 Å². The molecule has 8 aromatic heterocycles. The van der Waals surface area contributed by atoms with Crippen molar-refractivity contribution in [3.05, 3.63) is 173 Å². The lowest BCUT2D eigenvalue weighted by molar-refractivity contribution is 0.133. The van der Waals surface area contributed by atoms with Crippen LogP contribution in [-0.2, 0) is 0 Å². The quantitative estimate of drug-likeness (QED) is 0.134. The minimum Gasteiger partial charge on any atom is -0.371 e. The van der Waals surface area contributed by atoms with Crippen LogP contribution in [0, 0.1) is 73.1 Å². The average molecular weight is 1910 g/mol. The number of anilines is 9. The number of aryl methyl sites for hydroxylation is 9. The number of benzene rings is 1. The predicted molar refractivity (Wildman–Crippen MR) is 570 cm³/mol. The summed E-state index contributed by atoms with van der Waals surface area (Å²) in [5.74, 6) is 6.98. The molecular formula is C107H168N30S. The molecule has 752 valence electrons. The van der Waals surface area contributed by atoms with E-state index in [2.05, 4.69) is 282 Å². The van der Waals surface area contributed by atoms with E-state index in [1.807, 2.05) is 147 Å².